The van der Waals surface area contributed by atoms with E-state index in [2.05, 4.69) is 0 Å². The van der Waals surface area contributed by atoms with E-state index in [1.807, 2.05) is 31.2 Å². The summed E-state index contributed by atoms with van der Waals surface area (Å²) in [6, 6.07) is 17.5. The smallest absolute Gasteiger partial charge is 0.169 e. The van der Waals surface area contributed by atoms with Crippen LogP contribution in [-0.4, -0.2) is 20.0 Å². The van der Waals surface area contributed by atoms with Crippen LogP contribution in [0, 0.1) is 11.2 Å². The van der Waals surface area contributed by atoms with E-state index in [0.29, 0.717) is 34.8 Å². The predicted octanol–water partition coefficient (Wildman–Crippen LogP) is 6.85. The molecule has 4 nitrogen and oxygen atoms in total. The summed E-state index contributed by atoms with van der Waals surface area (Å²) in [6.07, 6.45) is 3.73. The summed E-state index contributed by atoms with van der Waals surface area (Å²) in [5.74, 6) is 1.53. The maximum Gasteiger partial charge on any atom is 0.169 e. The molecule has 4 rings (SSSR count). The standard InChI is InChI=1S/C28H29FO4/c1-28(14-4-5-15-28)27(30)25-17-22(33-18-19-6-8-20(31-2)9-7-19)10-12-23(25)24-16-21(32-3)11-13-26(24)29/h6-13,16-17H,4-5,14-15,18H2,1-3H3. The first kappa shape index (κ1) is 22.8. The quantitative estimate of drug-likeness (QED) is 0.354. The molecular formula is C28H29FO4. The van der Waals surface area contributed by atoms with Gasteiger partial charge in [-0.05, 0) is 72.5 Å². The second kappa shape index (κ2) is 9.65. The second-order valence-corrected chi connectivity index (χ2v) is 8.79. The lowest BCUT2D eigenvalue weighted by Crippen LogP contribution is -2.25. The molecule has 0 saturated heterocycles. The summed E-state index contributed by atoms with van der Waals surface area (Å²) in [6.45, 7) is 2.36. The van der Waals surface area contributed by atoms with Crippen LogP contribution in [0.25, 0.3) is 11.1 Å². The Hall–Kier alpha value is -3.34. The van der Waals surface area contributed by atoms with Gasteiger partial charge in [-0.25, -0.2) is 4.39 Å². The molecule has 5 heteroatoms. The Labute approximate surface area is 194 Å². The number of ether oxygens (including phenoxy) is 3. The average Bonchev–Trinajstić information content (AvgIpc) is 3.30. The topological polar surface area (TPSA) is 44.8 Å². The number of hydrogen-bond donors (Lipinski definition) is 0. The van der Waals surface area contributed by atoms with Gasteiger partial charge in [-0.15, -0.1) is 0 Å². The molecule has 3 aromatic carbocycles. The average molecular weight is 449 g/mol. The zero-order chi connectivity index (χ0) is 23.4. The highest BCUT2D eigenvalue weighted by molar-refractivity contribution is 6.06. The Morgan fingerprint density at radius 2 is 1.48 bits per heavy atom. The summed E-state index contributed by atoms with van der Waals surface area (Å²) in [4.78, 5) is 13.7. The van der Waals surface area contributed by atoms with Crippen LogP contribution >= 0.6 is 0 Å². The molecule has 172 valence electrons. The van der Waals surface area contributed by atoms with E-state index in [4.69, 9.17) is 14.2 Å². The molecule has 0 N–H and O–H groups in total. The van der Waals surface area contributed by atoms with Gasteiger partial charge in [-0.1, -0.05) is 31.9 Å². The maximum atomic E-state index is 14.8. The van der Waals surface area contributed by atoms with Gasteiger partial charge >= 0.3 is 0 Å². The van der Waals surface area contributed by atoms with Gasteiger partial charge in [0.05, 0.1) is 14.2 Å². The molecular weight excluding hydrogens is 419 g/mol. The molecule has 0 amide bonds. The summed E-state index contributed by atoms with van der Waals surface area (Å²) in [7, 11) is 3.17. The molecule has 0 spiro atoms. The van der Waals surface area contributed by atoms with Gasteiger partial charge in [0.25, 0.3) is 0 Å². The van der Waals surface area contributed by atoms with Crippen LogP contribution in [-0.2, 0) is 6.61 Å². The highest BCUT2D eigenvalue weighted by atomic mass is 19.1. The third-order valence-electron chi connectivity index (χ3n) is 6.52. The molecule has 33 heavy (non-hydrogen) atoms. The lowest BCUT2D eigenvalue weighted by atomic mass is 9.78. The number of rotatable bonds is 8. The van der Waals surface area contributed by atoms with Gasteiger partial charge in [0, 0.05) is 16.5 Å². The molecule has 0 heterocycles. The highest BCUT2D eigenvalue weighted by Crippen LogP contribution is 2.43. The third kappa shape index (κ3) is 4.87. The van der Waals surface area contributed by atoms with E-state index in [-0.39, 0.29) is 5.78 Å². The largest absolute Gasteiger partial charge is 0.497 e. The van der Waals surface area contributed by atoms with Crippen molar-refractivity contribution < 1.29 is 23.4 Å². The van der Waals surface area contributed by atoms with Crippen LogP contribution in [0.3, 0.4) is 0 Å². The van der Waals surface area contributed by atoms with Gasteiger partial charge < -0.3 is 14.2 Å². The van der Waals surface area contributed by atoms with Crippen molar-refractivity contribution >= 4 is 5.78 Å². The summed E-state index contributed by atoms with van der Waals surface area (Å²) in [5.41, 5.74) is 1.93. The maximum absolute atomic E-state index is 14.8. The molecule has 1 aliphatic carbocycles. The molecule has 1 saturated carbocycles. The van der Waals surface area contributed by atoms with E-state index in [1.54, 1.807) is 44.6 Å². The first-order chi connectivity index (χ1) is 15.9. The van der Waals surface area contributed by atoms with E-state index in [0.717, 1.165) is 37.0 Å². The fourth-order valence-corrected chi connectivity index (χ4v) is 4.47. The zero-order valence-electron chi connectivity index (χ0n) is 19.3. The van der Waals surface area contributed by atoms with Gasteiger partial charge in [0.15, 0.2) is 5.78 Å². The number of benzene rings is 3. The van der Waals surface area contributed by atoms with Crippen molar-refractivity contribution in [1.29, 1.82) is 0 Å². The van der Waals surface area contributed by atoms with Crippen molar-refractivity contribution in [3.05, 3.63) is 77.6 Å². The number of carbonyl (C=O) groups is 1. The molecule has 0 bridgehead atoms. The lowest BCUT2D eigenvalue weighted by molar-refractivity contribution is 0.0823. The number of hydrogen-bond acceptors (Lipinski definition) is 4. The normalized spacial score (nSPS) is 14.7. The number of methoxy groups -OCH3 is 2. The lowest BCUT2D eigenvalue weighted by Gasteiger charge is -2.24. The SMILES string of the molecule is COc1ccc(COc2ccc(-c3cc(OC)ccc3F)c(C(=O)C3(C)CCCC3)c2)cc1. The Bertz CT molecular complexity index is 1130. The second-order valence-electron chi connectivity index (χ2n) is 8.79. The van der Waals surface area contributed by atoms with Crippen LogP contribution in [0.1, 0.15) is 48.5 Å². The molecule has 0 aromatic heterocycles. The van der Waals surface area contributed by atoms with Crippen molar-refractivity contribution in [3.63, 3.8) is 0 Å². The van der Waals surface area contributed by atoms with E-state index in [1.165, 1.54) is 6.07 Å². The van der Waals surface area contributed by atoms with Crippen LogP contribution in [0.2, 0.25) is 0 Å². The van der Waals surface area contributed by atoms with Crippen LogP contribution in [0.4, 0.5) is 4.39 Å². The molecule has 0 radical (unpaired) electrons. The van der Waals surface area contributed by atoms with Crippen molar-refractivity contribution in [1.82, 2.24) is 0 Å². The number of carbonyl (C=O) groups excluding carboxylic acids is 1. The van der Waals surface area contributed by atoms with Gasteiger partial charge in [-0.3, -0.25) is 4.79 Å². The van der Waals surface area contributed by atoms with E-state index >= 15 is 0 Å². The number of Topliss-reactive ketones (excluding diaryl/α,β-unsaturated/α-hetero) is 1. The minimum absolute atomic E-state index is 0.0344. The monoisotopic (exact) mass is 448 g/mol. The molecule has 0 aliphatic heterocycles. The van der Waals surface area contributed by atoms with Gasteiger partial charge in [0.1, 0.15) is 29.7 Å². The van der Waals surface area contributed by atoms with Crippen molar-refractivity contribution in [2.45, 2.75) is 39.2 Å². The van der Waals surface area contributed by atoms with Gasteiger partial charge in [0.2, 0.25) is 0 Å². The molecule has 1 aliphatic rings. The van der Waals surface area contributed by atoms with Crippen LogP contribution in [0.15, 0.2) is 60.7 Å². The molecule has 0 atom stereocenters. The van der Waals surface area contributed by atoms with Gasteiger partial charge in [-0.2, -0.15) is 0 Å². The zero-order valence-corrected chi connectivity index (χ0v) is 19.3. The predicted molar refractivity (Wildman–Crippen MR) is 127 cm³/mol. The van der Waals surface area contributed by atoms with E-state index < -0.39 is 11.2 Å². The van der Waals surface area contributed by atoms with Crippen molar-refractivity contribution in [2.75, 3.05) is 14.2 Å². The molecule has 0 unspecified atom stereocenters. The first-order valence-corrected chi connectivity index (χ1v) is 11.2. The highest BCUT2D eigenvalue weighted by Gasteiger charge is 2.38. The molecule has 1 fully saturated rings. The summed E-state index contributed by atoms with van der Waals surface area (Å²) >= 11 is 0. The Balaban J connectivity index is 1.70. The Morgan fingerprint density at radius 3 is 2.15 bits per heavy atom. The minimum atomic E-state index is -0.446. The van der Waals surface area contributed by atoms with Crippen molar-refractivity contribution in [3.8, 4) is 28.4 Å². The number of halogens is 1. The first-order valence-electron chi connectivity index (χ1n) is 11.2. The van der Waals surface area contributed by atoms with E-state index in [9.17, 15) is 9.18 Å². The van der Waals surface area contributed by atoms with Crippen molar-refractivity contribution in [2.24, 2.45) is 5.41 Å². The Kier molecular flexibility index (Phi) is 6.68. The molecule has 3 aromatic rings. The fraction of sp³-hybridized carbons (Fsp3) is 0.321. The summed E-state index contributed by atoms with van der Waals surface area (Å²) in [5, 5.41) is 0. The minimum Gasteiger partial charge on any atom is -0.497 e. The Morgan fingerprint density at radius 1 is 0.848 bits per heavy atom. The number of ketones is 1. The fourth-order valence-electron chi connectivity index (χ4n) is 4.47. The van der Waals surface area contributed by atoms with Crippen LogP contribution < -0.4 is 14.2 Å². The van der Waals surface area contributed by atoms with Crippen LogP contribution in [0.5, 0.6) is 17.2 Å². The third-order valence-corrected chi connectivity index (χ3v) is 6.52. The summed E-state index contributed by atoms with van der Waals surface area (Å²) < 4.78 is 31.3.